The highest BCUT2D eigenvalue weighted by molar-refractivity contribution is 5.98. The van der Waals surface area contributed by atoms with Crippen LogP contribution >= 0.6 is 0 Å². The number of rotatable bonds is 2. The molecule has 0 atom stereocenters. The van der Waals surface area contributed by atoms with E-state index in [2.05, 4.69) is 10.1 Å². The zero-order valence-electron chi connectivity index (χ0n) is 9.08. The summed E-state index contributed by atoms with van der Waals surface area (Å²) >= 11 is 0. The number of primary amides is 1. The summed E-state index contributed by atoms with van der Waals surface area (Å²) in [5.74, 6) is -0.627. The number of aromatic nitrogens is 3. The first-order chi connectivity index (χ1) is 8.15. The van der Waals surface area contributed by atoms with Gasteiger partial charge in [-0.3, -0.25) is 9.78 Å². The van der Waals surface area contributed by atoms with Crippen LogP contribution in [0.5, 0.6) is 0 Å². The first-order valence-corrected chi connectivity index (χ1v) is 4.84. The summed E-state index contributed by atoms with van der Waals surface area (Å²) < 4.78 is 1.44. The molecule has 0 radical (unpaired) electrons. The summed E-state index contributed by atoms with van der Waals surface area (Å²) in [5.41, 5.74) is 6.64. The van der Waals surface area contributed by atoms with Crippen LogP contribution in [-0.4, -0.2) is 20.7 Å². The standard InChI is InChI=1S/C11H9N5O/c1-7-9(11(13)17)10(8(5-12)6-14-7)16-4-2-3-15-16/h2-4,6H,1H3,(H2,13,17). The second-order valence-corrected chi connectivity index (χ2v) is 3.41. The number of nitrogens with zero attached hydrogens (tertiary/aromatic N) is 4. The van der Waals surface area contributed by atoms with Crippen molar-refractivity contribution in [3.63, 3.8) is 0 Å². The maximum Gasteiger partial charge on any atom is 0.252 e. The maximum absolute atomic E-state index is 11.4. The predicted octanol–water partition coefficient (Wildman–Crippen LogP) is 0.546. The summed E-state index contributed by atoms with van der Waals surface area (Å²) in [7, 11) is 0. The maximum atomic E-state index is 11.4. The molecule has 6 heteroatoms. The Balaban J connectivity index is 2.83. The van der Waals surface area contributed by atoms with Gasteiger partial charge in [-0.05, 0) is 13.0 Å². The number of pyridine rings is 1. The molecule has 6 nitrogen and oxygen atoms in total. The highest BCUT2D eigenvalue weighted by atomic mass is 16.1. The molecule has 2 rings (SSSR count). The van der Waals surface area contributed by atoms with Crippen LogP contribution in [0.4, 0.5) is 0 Å². The summed E-state index contributed by atoms with van der Waals surface area (Å²) in [6.07, 6.45) is 4.60. The van der Waals surface area contributed by atoms with Crippen molar-refractivity contribution in [2.45, 2.75) is 6.92 Å². The van der Waals surface area contributed by atoms with E-state index in [1.54, 1.807) is 25.4 Å². The van der Waals surface area contributed by atoms with Crippen molar-refractivity contribution in [3.05, 3.63) is 41.5 Å². The Bertz CT molecular complexity index is 610. The molecule has 2 heterocycles. The van der Waals surface area contributed by atoms with Crippen molar-refractivity contribution < 1.29 is 4.79 Å². The van der Waals surface area contributed by atoms with Crippen molar-refractivity contribution in [1.29, 1.82) is 5.26 Å². The topological polar surface area (TPSA) is 97.6 Å². The van der Waals surface area contributed by atoms with E-state index in [9.17, 15) is 4.79 Å². The first-order valence-electron chi connectivity index (χ1n) is 4.84. The Labute approximate surface area is 97.3 Å². The Hall–Kier alpha value is -2.68. The Morgan fingerprint density at radius 1 is 1.59 bits per heavy atom. The number of nitriles is 1. The van der Waals surface area contributed by atoms with Crippen molar-refractivity contribution in [1.82, 2.24) is 14.8 Å². The minimum absolute atomic E-state index is 0.216. The van der Waals surface area contributed by atoms with Crippen LogP contribution in [0.2, 0.25) is 0 Å². The zero-order valence-corrected chi connectivity index (χ0v) is 9.08. The van der Waals surface area contributed by atoms with Gasteiger partial charge in [0.2, 0.25) is 0 Å². The van der Waals surface area contributed by atoms with Crippen molar-refractivity contribution >= 4 is 5.91 Å². The molecule has 0 aliphatic rings. The molecule has 2 N–H and O–H groups in total. The van der Waals surface area contributed by atoms with E-state index in [0.29, 0.717) is 11.4 Å². The molecular formula is C11H9N5O. The number of carbonyl (C=O) groups is 1. The van der Waals surface area contributed by atoms with Crippen LogP contribution in [-0.2, 0) is 0 Å². The smallest absolute Gasteiger partial charge is 0.252 e. The van der Waals surface area contributed by atoms with Gasteiger partial charge in [-0.25, -0.2) is 4.68 Å². The number of carbonyl (C=O) groups excluding carboxylic acids is 1. The fourth-order valence-electron chi connectivity index (χ4n) is 1.61. The number of nitrogens with two attached hydrogens (primary N) is 1. The lowest BCUT2D eigenvalue weighted by Gasteiger charge is -2.10. The lowest BCUT2D eigenvalue weighted by atomic mass is 10.1. The number of amides is 1. The average molecular weight is 227 g/mol. The van der Waals surface area contributed by atoms with Gasteiger partial charge in [-0.15, -0.1) is 0 Å². The Morgan fingerprint density at radius 2 is 2.35 bits per heavy atom. The summed E-state index contributed by atoms with van der Waals surface area (Å²) in [4.78, 5) is 15.4. The third-order valence-corrected chi connectivity index (χ3v) is 2.34. The third kappa shape index (κ3) is 1.74. The van der Waals surface area contributed by atoms with Gasteiger partial charge >= 0.3 is 0 Å². The quantitative estimate of drug-likeness (QED) is 0.809. The second-order valence-electron chi connectivity index (χ2n) is 3.41. The molecule has 1 amide bonds. The van der Waals surface area contributed by atoms with Crippen molar-refractivity contribution in [3.8, 4) is 11.8 Å². The average Bonchev–Trinajstić information content (AvgIpc) is 2.81. The van der Waals surface area contributed by atoms with Gasteiger partial charge in [0.15, 0.2) is 0 Å². The van der Waals surface area contributed by atoms with Crippen LogP contribution in [0.15, 0.2) is 24.7 Å². The van der Waals surface area contributed by atoms with Crippen LogP contribution in [0, 0.1) is 18.3 Å². The van der Waals surface area contributed by atoms with Gasteiger partial charge in [-0.2, -0.15) is 10.4 Å². The molecule has 0 aliphatic carbocycles. The highest BCUT2D eigenvalue weighted by Crippen LogP contribution is 2.20. The fourth-order valence-corrected chi connectivity index (χ4v) is 1.61. The first kappa shape index (κ1) is 10.8. The zero-order chi connectivity index (χ0) is 12.4. The Kier molecular flexibility index (Phi) is 2.58. The molecule has 0 saturated heterocycles. The predicted molar refractivity (Wildman–Crippen MR) is 59.3 cm³/mol. The van der Waals surface area contributed by atoms with E-state index in [1.807, 2.05) is 6.07 Å². The normalized spacial score (nSPS) is 9.88. The van der Waals surface area contributed by atoms with E-state index in [0.717, 1.165) is 0 Å². The van der Waals surface area contributed by atoms with E-state index >= 15 is 0 Å². The van der Waals surface area contributed by atoms with Crippen molar-refractivity contribution in [2.24, 2.45) is 5.73 Å². The minimum atomic E-state index is -0.627. The highest BCUT2D eigenvalue weighted by Gasteiger charge is 2.18. The van der Waals surface area contributed by atoms with Crippen LogP contribution in [0.3, 0.4) is 0 Å². The van der Waals surface area contributed by atoms with Crippen LogP contribution in [0.25, 0.3) is 5.69 Å². The molecule has 0 unspecified atom stereocenters. The molecule has 2 aromatic heterocycles. The van der Waals surface area contributed by atoms with E-state index in [4.69, 9.17) is 11.0 Å². The van der Waals surface area contributed by atoms with Crippen molar-refractivity contribution in [2.75, 3.05) is 0 Å². The number of hydrogen-bond donors (Lipinski definition) is 1. The molecule has 2 aromatic rings. The summed E-state index contributed by atoms with van der Waals surface area (Å²) in [5, 5.41) is 13.0. The molecule has 0 aromatic carbocycles. The molecule has 0 aliphatic heterocycles. The lowest BCUT2D eigenvalue weighted by molar-refractivity contribution is 0.0999. The fraction of sp³-hybridized carbons (Fsp3) is 0.0909. The summed E-state index contributed by atoms with van der Waals surface area (Å²) in [6, 6.07) is 3.67. The lowest BCUT2D eigenvalue weighted by Crippen LogP contribution is -2.18. The van der Waals surface area contributed by atoms with E-state index in [1.165, 1.54) is 10.9 Å². The third-order valence-electron chi connectivity index (χ3n) is 2.34. The number of hydrogen-bond acceptors (Lipinski definition) is 4. The molecule has 0 spiro atoms. The largest absolute Gasteiger partial charge is 0.365 e. The van der Waals surface area contributed by atoms with Gasteiger partial charge in [0.25, 0.3) is 5.91 Å². The Morgan fingerprint density at radius 3 is 2.88 bits per heavy atom. The van der Waals surface area contributed by atoms with Gasteiger partial charge in [0, 0.05) is 18.6 Å². The molecular weight excluding hydrogens is 218 g/mol. The molecule has 17 heavy (non-hydrogen) atoms. The van der Waals surface area contributed by atoms with Gasteiger partial charge < -0.3 is 5.73 Å². The van der Waals surface area contributed by atoms with Gasteiger partial charge in [0.05, 0.1) is 22.5 Å². The molecule has 0 bridgehead atoms. The monoisotopic (exact) mass is 227 g/mol. The van der Waals surface area contributed by atoms with Crippen LogP contribution in [0.1, 0.15) is 21.6 Å². The molecule has 0 fully saturated rings. The molecule has 0 saturated carbocycles. The SMILES string of the molecule is Cc1ncc(C#N)c(-n2cccn2)c1C(N)=O. The molecule has 84 valence electrons. The van der Waals surface area contributed by atoms with Gasteiger partial charge in [0.1, 0.15) is 6.07 Å². The minimum Gasteiger partial charge on any atom is -0.365 e. The number of aryl methyl sites for hydroxylation is 1. The van der Waals surface area contributed by atoms with E-state index < -0.39 is 5.91 Å². The van der Waals surface area contributed by atoms with Gasteiger partial charge in [-0.1, -0.05) is 0 Å². The van der Waals surface area contributed by atoms with Crippen LogP contribution < -0.4 is 5.73 Å². The summed E-state index contributed by atoms with van der Waals surface area (Å²) in [6.45, 7) is 1.66. The second kappa shape index (κ2) is 4.06. The van der Waals surface area contributed by atoms with E-state index in [-0.39, 0.29) is 11.1 Å².